The van der Waals surface area contributed by atoms with E-state index in [4.69, 9.17) is 19.9 Å². The van der Waals surface area contributed by atoms with Crippen molar-refractivity contribution < 1.29 is 19.0 Å². The molecule has 8 heteroatoms. The summed E-state index contributed by atoms with van der Waals surface area (Å²) in [5.74, 6) is 0.638. The molecule has 1 atom stereocenters. The second-order valence-electron chi connectivity index (χ2n) is 6.92. The first kappa shape index (κ1) is 19.9. The van der Waals surface area contributed by atoms with E-state index in [-0.39, 0.29) is 6.10 Å². The van der Waals surface area contributed by atoms with Crippen LogP contribution in [0.15, 0.2) is 48.5 Å². The topological polar surface area (TPSA) is 101 Å². The number of methoxy groups -OCH3 is 2. The first-order chi connectivity index (χ1) is 14.6. The number of hydrogen-bond donors (Lipinski definition) is 2. The molecule has 0 spiro atoms. The van der Waals surface area contributed by atoms with Gasteiger partial charge >= 0.3 is 0 Å². The third kappa shape index (κ3) is 3.87. The van der Waals surface area contributed by atoms with Gasteiger partial charge in [-0.2, -0.15) is 5.10 Å². The first-order valence-corrected chi connectivity index (χ1v) is 9.65. The van der Waals surface area contributed by atoms with E-state index in [2.05, 4.69) is 10.4 Å². The summed E-state index contributed by atoms with van der Waals surface area (Å²) in [5, 5.41) is 7.94. The highest BCUT2D eigenvalue weighted by Crippen LogP contribution is 2.32. The Morgan fingerprint density at radius 3 is 2.53 bits per heavy atom. The zero-order valence-electron chi connectivity index (χ0n) is 16.9. The van der Waals surface area contributed by atoms with E-state index in [9.17, 15) is 4.79 Å². The van der Waals surface area contributed by atoms with Gasteiger partial charge < -0.3 is 25.3 Å². The van der Waals surface area contributed by atoms with E-state index in [1.165, 1.54) is 0 Å². The molecule has 0 aliphatic carbocycles. The molecular weight excluding hydrogens is 384 g/mol. The smallest absolute Gasteiger partial charge is 0.267 e. The van der Waals surface area contributed by atoms with Gasteiger partial charge in [0.15, 0.2) is 11.5 Å². The van der Waals surface area contributed by atoms with Crippen molar-refractivity contribution in [2.75, 3.05) is 33.9 Å². The van der Waals surface area contributed by atoms with Gasteiger partial charge in [-0.05, 0) is 42.0 Å². The summed E-state index contributed by atoms with van der Waals surface area (Å²) < 4.78 is 18.0. The molecule has 0 unspecified atom stereocenters. The van der Waals surface area contributed by atoms with Gasteiger partial charge in [-0.3, -0.25) is 4.79 Å². The number of nitrogens with two attached hydrogens (primary N) is 1. The lowest BCUT2D eigenvalue weighted by Gasteiger charge is -2.24. The number of nitrogens with zero attached hydrogens (tertiary/aromatic N) is 2. The molecule has 1 amide bonds. The quantitative estimate of drug-likeness (QED) is 0.649. The number of aromatic nitrogens is 2. The number of carbonyl (C=O) groups is 1. The highest BCUT2D eigenvalue weighted by Gasteiger charge is 2.19. The van der Waals surface area contributed by atoms with Crippen LogP contribution < -0.4 is 20.5 Å². The fourth-order valence-electron chi connectivity index (χ4n) is 3.50. The van der Waals surface area contributed by atoms with Crippen molar-refractivity contribution in [3.8, 4) is 28.4 Å². The lowest BCUT2D eigenvalue weighted by Crippen LogP contribution is -2.33. The minimum atomic E-state index is -0.557. The minimum absolute atomic E-state index is 0.0170. The molecule has 1 fully saturated rings. The third-order valence-corrected chi connectivity index (χ3v) is 5.08. The van der Waals surface area contributed by atoms with Gasteiger partial charge in [-0.15, -0.1) is 0 Å². The zero-order valence-corrected chi connectivity index (χ0v) is 16.9. The molecule has 30 heavy (non-hydrogen) atoms. The Morgan fingerprint density at radius 1 is 1.13 bits per heavy atom. The Bertz CT molecular complexity index is 1040. The van der Waals surface area contributed by atoms with E-state index in [0.29, 0.717) is 29.5 Å². The number of ether oxygens (including phenoxy) is 3. The van der Waals surface area contributed by atoms with Gasteiger partial charge in [-0.1, -0.05) is 12.1 Å². The van der Waals surface area contributed by atoms with Gasteiger partial charge in [0.2, 0.25) is 0 Å². The van der Waals surface area contributed by atoms with Crippen LogP contribution in [-0.4, -0.2) is 49.6 Å². The molecule has 1 aromatic heterocycles. The van der Waals surface area contributed by atoms with Crippen LogP contribution in [0.1, 0.15) is 22.2 Å². The fourth-order valence-corrected chi connectivity index (χ4v) is 3.50. The number of rotatable bonds is 6. The summed E-state index contributed by atoms with van der Waals surface area (Å²) in [6.07, 6.45) is 0.0170. The van der Waals surface area contributed by atoms with Gasteiger partial charge in [-0.25, -0.2) is 4.68 Å². The van der Waals surface area contributed by atoms with Crippen molar-refractivity contribution in [2.24, 2.45) is 5.73 Å². The monoisotopic (exact) mass is 408 g/mol. The highest BCUT2D eigenvalue weighted by molar-refractivity contribution is 5.93. The van der Waals surface area contributed by atoms with E-state index < -0.39 is 5.91 Å². The van der Waals surface area contributed by atoms with Gasteiger partial charge in [0.25, 0.3) is 5.91 Å². The highest BCUT2D eigenvalue weighted by atomic mass is 16.5. The van der Waals surface area contributed by atoms with Crippen LogP contribution in [0.3, 0.4) is 0 Å². The van der Waals surface area contributed by atoms with Crippen LogP contribution in [0.4, 0.5) is 0 Å². The third-order valence-electron chi connectivity index (χ3n) is 5.08. The average Bonchev–Trinajstić information content (AvgIpc) is 3.25. The molecule has 0 radical (unpaired) electrons. The van der Waals surface area contributed by atoms with Crippen LogP contribution in [0.2, 0.25) is 0 Å². The summed E-state index contributed by atoms with van der Waals surface area (Å²) in [7, 11) is 3.15. The van der Waals surface area contributed by atoms with Crippen molar-refractivity contribution in [1.29, 1.82) is 0 Å². The Labute approximate surface area is 174 Å². The first-order valence-electron chi connectivity index (χ1n) is 9.65. The molecule has 3 aromatic rings. The predicted molar refractivity (Wildman–Crippen MR) is 112 cm³/mol. The summed E-state index contributed by atoms with van der Waals surface area (Å²) in [6, 6.07) is 14.9. The summed E-state index contributed by atoms with van der Waals surface area (Å²) >= 11 is 0. The Balaban J connectivity index is 1.69. The lowest BCUT2D eigenvalue weighted by atomic mass is 10.1. The van der Waals surface area contributed by atoms with E-state index >= 15 is 0 Å². The van der Waals surface area contributed by atoms with Crippen molar-refractivity contribution in [3.05, 3.63) is 59.8 Å². The lowest BCUT2D eigenvalue weighted by molar-refractivity contribution is 0.0277. The number of benzene rings is 2. The van der Waals surface area contributed by atoms with Crippen LogP contribution in [0, 0.1) is 0 Å². The zero-order chi connectivity index (χ0) is 21.1. The molecule has 0 bridgehead atoms. The Morgan fingerprint density at radius 2 is 1.90 bits per heavy atom. The molecule has 0 saturated carbocycles. The second kappa shape index (κ2) is 8.56. The van der Waals surface area contributed by atoms with Crippen molar-refractivity contribution >= 4 is 5.91 Å². The molecular formula is C22H24N4O4. The Hall–Kier alpha value is -3.36. The molecule has 2 aromatic carbocycles. The number of amides is 1. The maximum Gasteiger partial charge on any atom is 0.267 e. The Kier molecular flexibility index (Phi) is 5.69. The number of primary amides is 1. The summed E-state index contributed by atoms with van der Waals surface area (Å²) in [4.78, 5) is 12.1. The summed E-state index contributed by atoms with van der Waals surface area (Å²) in [6.45, 7) is 2.33. The number of nitrogens with one attached hydrogen (secondary N) is 1. The molecule has 4 rings (SSSR count). The van der Waals surface area contributed by atoms with Crippen molar-refractivity contribution in [3.63, 3.8) is 0 Å². The molecule has 1 aliphatic rings. The van der Waals surface area contributed by atoms with Crippen LogP contribution in [-0.2, 0) is 4.74 Å². The van der Waals surface area contributed by atoms with Crippen LogP contribution >= 0.6 is 0 Å². The predicted octanol–water partition coefficient (Wildman–Crippen LogP) is 2.32. The van der Waals surface area contributed by atoms with E-state index in [0.717, 1.165) is 29.9 Å². The van der Waals surface area contributed by atoms with Crippen molar-refractivity contribution in [1.82, 2.24) is 15.1 Å². The largest absolute Gasteiger partial charge is 0.493 e. The maximum atomic E-state index is 12.1. The number of morpholine rings is 1. The maximum absolute atomic E-state index is 12.1. The average molecular weight is 408 g/mol. The van der Waals surface area contributed by atoms with Gasteiger partial charge in [0, 0.05) is 18.7 Å². The van der Waals surface area contributed by atoms with E-state index in [1.54, 1.807) is 31.0 Å². The van der Waals surface area contributed by atoms with Crippen molar-refractivity contribution in [2.45, 2.75) is 6.10 Å². The molecule has 8 nitrogen and oxygen atoms in total. The SMILES string of the molecule is COc1ccc(-c2cc(C(N)=O)n(-c3ccc([C@H]4CNCCO4)cc3)n2)cc1OC. The minimum Gasteiger partial charge on any atom is -0.493 e. The van der Waals surface area contributed by atoms with Crippen LogP contribution in [0.25, 0.3) is 16.9 Å². The second-order valence-corrected chi connectivity index (χ2v) is 6.92. The van der Waals surface area contributed by atoms with E-state index in [1.807, 2.05) is 36.4 Å². The van der Waals surface area contributed by atoms with Gasteiger partial charge in [0.05, 0.1) is 38.3 Å². The molecule has 1 aliphatic heterocycles. The van der Waals surface area contributed by atoms with Crippen LogP contribution in [0.5, 0.6) is 11.5 Å². The number of carbonyl (C=O) groups excluding carboxylic acids is 1. The molecule has 1 saturated heterocycles. The van der Waals surface area contributed by atoms with Gasteiger partial charge in [0.1, 0.15) is 5.69 Å². The number of hydrogen-bond acceptors (Lipinski definition) is 6. The molecule has 3 N–H and O–H groups in total. The summed E-state index contributed by atoms with van der Waals surface area (Å²) in [5.41, 5.74) is 9.11. The normalized spacial score (nSPS) is 16.3. The molecule has 2 heterocycles. The molecule has 156 valence electrons. The standard InChI is InChI=1S/C22H24N4O4/c1-28-19-8-5-15(11-20(19)29-2)17-12-18(22(23)27)26(25-17)16-6-3-14(4-7-16)21-13-24-9-10-30-21/h3-8,11-12,21,24H,9-10,13H2,1-2H3,(H2,23,27)/t21-/m1/s1. The fraction of sp³-hybridized carbons (Fsp3) is 0.273.